The number of aryl methyl sites for hydroxylation is 2. The molecule has 0 bridgehead atoms. The normalized spacial score (nSPS) is 11.5. The molecule has 1 N–H and O–H groups in total. The molecule has 0 aliphatic rings. The molecule has 57 heavy (non-hydrogen) atoms. The molecule has 15 heteroatoms. The molecule has 0 spiro atoms. The van der Waals surface area contributed by atoms with Gasteiger partial charge in [-0.15, -0.1) is 0 Å². The van der Waals surface area contributed by atoms with Crippen LogP contribution in [0.4, 0.5) is 0 Å². The van der Waals surface area contributed by atoms with Gasteiger partial charge in [-0.3, -0.25) is 4.98 Å². The minimum absolute atomic E-state index is 0.172. The molecule has 290 valence electrons. The third-order valence-corrected chi connectivity index (χ3v) is 11.5. The molecule has 0 fully saturated rings. The smallest absolute Gasteiger partial charge is 0.241 e. The number of aromatic nitrogens is 6. The van der Waals surface area contributed by atoms with Gasteiger partial charge >= 0.3 is 0 Å². The van der Waals surface area contributed by atoms with Gasteiger partial charge in [0.05, 0.1) is 42.1 Å². The zero-order chi connectivity index (χ0) is 41.1. The molecule has 3 aromatic carbocycles. The van der Waals surface area contributed by atoms with Gasteiger partial charge in [0.1, 0.15) is 5.15 Å². The lowest BCUT2D eigenvalue weighted by molar-refractivity contribution is 0.491. The predicted molar refractivity (Wildman–Crippen MR) is 231 cm³/mol. The van der Waals surface area contributed by atoms with Crippen LogP contribution in [0.15, 0.2) is 114 Å². The molecule has 0 aliphatic heterocycles. The second kappa shape index (κ2) is 17.5. The molecule has 0 atom stereocenters. The Bertz CT molecular complexity index is 2730. The Hall–Kier alpha value is -4.52. The van der Waals surface area contributed by atoms with Crippen LogP contribution in [0.5, 0.6) is 0 Å². The van der Waals surface area contributed by atoms with Crippen molar-refractivity contribution in [2.75, 3.05) is 0 Å². The van der Waals surface area contributed by atoms with Crippen molar-refractivity contribution in [1.82, 2.24) is 34.6 Å². The van der Waals surface area contributed by atoms with Crippen LogP contribution in [-0.4, -0.2) is 43.9 Å². The van der Waals surface area contributed by atoms with Gasteiger partial charge < -0.3 is 0 Å². The number of pyridine rings is 2. The quantitative estimate of drug-likeness (QED) is 0.157. The van der Waals surface area contributed by atoms with Gasteiger partial charge in [0.25, 0.3) is 0 Å². The summed E-state index contributed by atoms with van der Waals surface area (Å²) in [6.45, 7) is 9.20. The van der Waals surface area contributed by atoms with E-state index in [1.807, 2.05) is 62.4 Å². The third kappa shape index (κ3) is 10.9. The number of rotatable bonds is 7. The second-order valence-electron chi connectivity index (χ2n) is 13.9. The van der Waals surface area contributed by atoms with Crippen molar-refractivity contribution < 1.29 is 8.42 Å². The first-order chi connectivity index (χ1) is 26.9. The van der Waals surface area contributed by atoms with Crippen LogP contribution >= 0.6 is 58.0 Å². The monoisotopic (exact) mass is 875 g/mol. The van der Waals surface area contributed by atoms with Gasteiger partial charge in [0.2, 0.25) is 10.0 Å². The highest BCUT2D eigenvalue weighted by Gasteiger charge is 2.22. The largest absolute Gasteiger partial charge is 0.256 e. The summed E-state index contributed by atoms with van der Waals surface area (Å²) in [4.78, 5) is 27.0. The molecule has 0 unspecified atom stereocenters. The van der Waals surface area contributed by atoms with E-state index in [-0.39, 0.29) is 4.90 Å². The molecule has 9 nitrogen and oxygen atoms in total. The lowest BCUT2D eigenvalue weighted by Crippen LogP contribution is -2.40. The maximum atomic E-state index is 12.8. The maximum Gasteiger partial charge on any atom is 0.241 e. The Morgan fingerprint density at radius 2 is 1.02 bits per heavy atom. The number of benzene rings is 3. The fourth-order valence-electron chi connectivity index (χ4n) is 5.56. The Morgan fingerprint density at radius 1 is 0.509 bits per heavy atom. The van der Waals surface area contributed by atoms with E-state index >= 15 is 0 Å². The van der Waals surface area contributed by atoms with Gasteiger partial charge in [0.15, 0.2) is 11.6 Å². The lowest BCUT2D eigenvalue weighted by atomic mass is 10.1. The molecule has 0 aliphatic carbocycles. The molecule has 4 aromatic heterocycles. The topological polar surface area (TPSA) is 124 Å². The molecule has 0 saturated carbocycles. The van der Waals surface area contributed by atoms with Gasteiger partial charge in [0, 0.05) is 57.1 Å². The van der Waals surface area contributed by atoms with Crippen molar-refractivity contribution in [2.24, 2.45) is 0 Å². The molecule has 4 heterocycles. The van der Waals surface area contributed by atoms with Crippen LogP contribution in [-0.2, 0) is 10.0 Å². The second-order valence-corrected chi connectivity index (χ2v) is 17.6. The van der Waals surface area contributed by atoms with Gasteiger partial charge in [-0.1, -0.05) is 82.3 Å². The summed E-state index contributed by atoms with van der Waals surface area (Å²) in [6.07, 6.45) is 3.28. The summed E-state index contributed by atoms with van der Waals surface area (Å²) in [7, 11) is -3.68. The van der Waals surface area contributed by atoms with E-state index in [9.17, 15) is 8.42 Å². The minimum Gasteiger partial charge on any atom is -0.256 e. The minimum atomic E-state index is -3.68. The SMILES string of the molecule is Cc1cc(-c2ccc(Cl)c(Cl)c2)nc(-c2ccnc(-c3cccc(S(=O)(=O)NC(C)(C)C)c3)c2)n1.Cc1cc(-c2ccc(Cl)c(Cl)c2)nc(-c2ccnc(Cl)c2)n1. The highest BCUT2D eigenvalue weighted by Crippen LogP contribution is 2.32. The first kappa shape index (κ1) is 42.1. The Morgan fingerprint density at radius 3 is 1.53 bits per heavy atom. The van der Waals surface area contributed by atoms with E-state index in [4.69, 9.17) is 63.0 Å². The zero-order valence-corrected chi connectivity index (χ0v) is 35.8. The van der Waals surface area contributed by atoms with Crippen LogP contribution in [0, 0.1) is 13.8 Å². The summed E-state index contributed by atoms with van der Waals surface area (Å²) in [5.74, 6) is 1.11. The predicted octanol–water partition coefficient (Wildman–Crippen LogP) is 12.0. The first-order valence-corrected chi connectivity index (χ1v) is 20.7. The van der Waals surface area contributed by atoms with Crippen molar-refractivity contribution in [1.29, 1.82) is 0 Å². The van der Waals surface area contributed by atoms with Crippen LogP contribution in [0.1, 0.15) is 32.2 Å². The highest BCUT2D eigenvalue weighted by atomic mass is 35.5. The molecule has 0 saturated heterocycles. The van der Waals surface area contributed by atoms with Gasteiger partial charge in [-0.2, -0.15) is 0 Å². The fraction of sp³-hybridized carbons (Fsp3) is 0.143. The first-order valence-electron chi connectivity index (χ1n) is 17.3. The summed E-state index contributed by atoms with van der Waals surface area (Å²) >= 11 is 30.2. The third-order valence-electron chi connectivity index (χ3n) is 8.02. The summed E-state index contributed by atoms with van der Waals surface area (Å²) in [5, 5.41) is 2.33. The lowest BCUT2D eigenvalue weighted by Gasteiger charge is -2.20. The van der Waals surface area contributed by atoms with Crippen LogP contribution < -0.4 is 4.72 Å². The van der Waals surface area contributed by atoms with Crippen LogP contribution in [0.2, 0.25) is 25.2 Å². The average molecular weight is 878 g/mol. The maximum absolute atomic E-state index is 12.8. The van der Waals surface area contributed by atoms with E-state index in [2.05, 4.69) is 29.6 Å². The fourth-order valence-corrected chi connectivity index (χ4v) is 7.79. The number of halogens is 5. The molecule has 0 amide bonds. The standard InChI is InChI=1S/C26H24Cl2N4O2S.C16H10Cl3N3/c1-16-12-24(18-8-9-21(27)22(28)14-18)31-25(30-16)19-10-11-29-23(15-19)17-6-5-7-20(13-17)35(33,34)32-26(2,3)4;1-9-6-14(10-2-3-12(17)13(18)7-10)22-16(21-9)11-4-5-20-15(19)8-11/h5-15,32H,1-4H3;2-8H,1H3. The zero-order valence-electron chi connectivity index (χ0n) is 31.2. The van der Waals surface area contributed by atoms with E-state index in [0.717, 1.165) is 39.3 Å². The van der Waals surface area contributed by atoms with Crippen molar-refractivity contribution in [3.05, 3.63) is 146 Å². The summed E-state index contributed by atoms with van der Waals surface area (Å²) < 4.78 is 28.3. The number of nitrogens with zero attached hydrogens (tertiary/aromatic N) is 6. The van der Waals surface area contributed by atoms with E-state index < -0.39 is 15.6 Å². The highest BCUT2D eigenvalue weighted by molar-refractivity contribution is 7.89. The van der Waals surface area contributed by atoms with Crippen molar-refractivity contribution in [2.45, 2.75) is 45.1 Å². The van der Waals surface area contributed by atoms with Gasteiger partial charge in [-0.05, 0) is 107 Å². The Balaban J connectivity index is 0.000000214. The van der Waals surface area contributed by atoms with E-state index in [1.165, 1.54) is 0 Å². The molecule has 7 aromatic rings. The average Bonchev–Trinajstić information content (AvgIpc) is 3.16. The summed E-state index contributed by atoms with van der Waals surface area (Å²) in [6, 6.07) is 28.4. The van der Waals surface area contributed by atoms with E-state index in [0.29, 0.717) is 53.8 Å². The Kier molecular flexibility index (Phi) is 13.0. The Labute approximate surface area is 356 Å². The number of nitrogens with one attached hydrogen (secondary N) is 1. The van der Waals surface area contributed by atoms with Crippen molar-refractivity contribution in [3.8, 4) is 56.5 Å². The number of hydrogen-bond donors (Lipinski definition) is 1. The summed E-state index contributed by atoms with van der Waals surface area (Å²) in [5.41, 5.74) is 7.06. The molecule has 7 rings (SSSR count). The van der Waals surface area contributed by atoms with Crippen LogP contribution in [0.3, 0.4) is 0 Å². The van der Waals surface area contributed by atoms with Crippen molar-refractivity contribution in [3.63, 3.8) is 0 Å². The molecule has 0 radical (unpaired) electrons. The van der Waals surface area contributed by atoms with Gasteiger partial charge in [-0.25, -0.2) is 38.1 Å². The van der Waals surface area contributed by atoms with Crippen molar-refractivity contribution >= 4 is 68.0 Å². The molecular formula is C42H34Cl5N7O2S. The number of hydrogen-bond acceptors (Lipinski definition) is 8. The van der Waals surface area contributed by atoms with E-state index in [1.54, 1.807) is 81.7 Å². The molecular weight excluding hydrogens is 844 g/mol. The number of sulfonamides is 1. The van der Waals surface area contributed by atoms with Crippen LogP contribution in [0.25, 0.3) is 56.5 Å².